The minimum atomic E-state index is -0.180. The summed E-state index contributed by atoms with van der Waals surface area (Å²) in [5, 5.41) is 5.07. The second-order valence-electron chi connectivity index (χ2n) is 4.42. The van der Waals surface area contributed by atoms with Gasteiger partial charge in [0, 0.05) is 5.38 Å². The van der Waals surface area contributed by atoms with E-state index in [1.165, 1.54) is 16.9 Å². The molecule has 1 amide bonds. The van der Waals surface area contributed by atoms with Crippen LogP contribution in [-0.4, -0.2) is 10.9 Å². The van der Waals surface area contributed by atoms with E-state index in [0.717, 1.165) is 12.0 Å². The van der Waals surface area contributed by atoms with Crippen LogP contribution in [0, 0.1) is 6.92 Å². The number of benzene rings is 1. The van der Waals surface area contributed by atoms with E-state index in [4.69, 9.17) is 5.73 Å². The average molecular weight is 275 g/mol. The molecule has 0 saturated carbocycles. The second-order valence-corrected chi connectivity index (χ2v) is 5.31. The molecule has 4 nitrogen and oxygen atoms in total. The first-order valence-electron chi connectivity index (χ1n) is 6.18. The molecule has 3 N–H and O–H groups in total. The molecule has 1 unspecified atom stereocenters. The number of aromatic nitrogens is 1. The van der Waals surface area contributed by atoms with Crippen molar-refractivity contribution in [3.05, 3.63) is 46.5 Å². The van der Waals surface area contributed by atoms with Crippen LogP contribution >= 0.6 is 11.3 Å². The monoisotopic (exact) mass is 275 g/mol. The summed E-state index contributed by atoms with van der Waals surface area (Å²) in [6, 6.07) is 8.17. The van der Waals surface area contributed by atoms with Gasteiger partial charge in [0.05, 0.1) is 6.04 Å². The number of carbonyl (C=O) groups is 1. The predicted octanol–water partition coefficient (Wildman–Crippen LogP) is 2.91. The standard InChI is InChI=1S/C14H17N3OS/c1-3-11(10-6-4-9(2)5-7-10)16-13(18)12-8-19-14(15)17-12/h4-8,11H,3H2,1-2H3,(H2,15,17)(H,16,18). The Balaban J connectivity index is 2.11. The highest BCUT2D eigenvalue weighted by Gasteiger charge is 2.15. The van der Waals surface area contributed by atoms with E-state index >= 15 is 0 Å². The fraction of sp³-hybridized carbons (Fsp3) is 0.286. The summed E-state index contributed by atoms with van der Waals surface area (Å²) in [6.45, 7) is 4.08. The van der Waals surface area contributed by atoms with Crippen LogP contribution in [0.3, 0.4) is 0 Å². The van der Waals surface area contributed by atoms with Gasteiger partial charge in [-0.2, -0.15) is 0 Å². The summed E-state index contributed by atoms with van der Waals surface area (Å²) in [5.41, 5.74) is 8.22. The number of nitrogens with zero attached hydrogens (tertiary/aromatic N) is 1. The van der Waals surface area contributed by atoms with E-state index in [1.807, 2.05) is 38.1 Å². The number of rotatable bonds is 4. The highest BCUT2D eigenvalue weighted by Crippen LogP contribution is 2.18. The summed E-state index contributed by atoms with van der Waals surface area (Å²) in [6.07, 6.45) is 0.828. The maximum absolute atomic E-state index is 12.0. The Morgan fingerprint density at radius 3 is 2.63 bits per heavy atom. The van der Waals surface area contributed by atoms with Gasteiger partial charge in [0.15, 0.2) is 5.13 Å². The Kier molecular flexibility index (Phi) is 4.16. The van der Waals surface area contributed by atoms with Crippen LogP contribution in [0.5, 0.6) is 0 Å². The molecule has 0 radical (unpaired) electrons. The van der Waals surface area contributed by atoms with Crippen molar-refractivity contribution in [2.24, 2.45) is 0 Å². The Hall–Kier alpha value is -1.88. The van der Waals surface area contributed by atoms with E-state index in [-0.39, 0.29) is 11.9 Å². The Morgan fingerprint density at radius 1 is 1.42 bits per heavy atom. The summed E-state index contributed by atoms with van der Waals surface area (Å²) in [4.78, 5) is 16.0. The molecule has 1 aromatic heterocycles. The normalized spacial score (nSPS) is 12.1. The number of carbonyl (C=O) groups excluding carboxylic acids is 1. The molecule has 1 aromatic carbocycles. The molecule has 1 atom stereocenters. The SMILES string of the molecule is CCC(NC(=O)c1csc(N)n1)c1ccc(C)cc1. The van der Waals surface area contributed by atoms with E-state index in [0.29, 0.717) is 10.8 Å². The predicted molar refractivity (Wildman–Crippen MR) is 78.2 cm³/mol. The van der Waals surface area contributed by atoms with E-state index in [1.54, 1.807) is 5.38 Å². The Bertz CT molecular complexity index is 562. The number of aryl methyl sites for hydroxylation is 1. The maximum Gasteiger partial charge on any atom is 0.271 e. The summed E-state index contributed by atoms with van der Waals surface area (Å²) < 4.78 is 0. The van der Waals surface area contributed by atoms with Crippen molar-refractivity contribution >= 4 is 22.4 Å². The third-order valence-electron chi connectivity index (χ3n) is 2.95. The largest absolute Gasteiger partial charge is 0.375 e. The van der Waals surface area contributed by atoms with Crippen LogP contribution in [0.4, 0.5) is 5.13 Å². The molecule has 0 bridgehead atoms. The van der Waals surface area contributed by atoms with Crippen LogP contribution in [-0.2, 0) is 0 Å². The molecule has 0 saturated heterocycles. The molecule has 19 heavy (non-hydrogen) atoms. The Morgan fingerprint density at radius 2 is 2.11 bits per heavy atom. The lowest BCUT2D eigenvalue weighted by molar-refractivity contribution is 0.0931. The minimum Gasteiger partial charge on any atom is -0.375 e. The summed E-state index contributed by atoms with van der Waals surface area (Å²) >= 11 is 1.27. The first-order chi connectivity index (χ1) is 9.10. The first kappa shape index (κ1) is 13.5. The van der Waals surface area contributed by atoms with Crippen molar-refractivity contribution in [1.29, 1.82) is 0 Å². The number of thiazole rings is 1. The minimum absolute atomic E-state index is 0.00368. The number of nitrogens with two attached hydrogens (primary N) is 1. The first-order valence-corrected chi connectivity index (χ1v) is 7.06. The quantitative estimate of drug-likeness (QED) is 0.901. The fourth-order valence-corrected chi connectivity index (χ4v) is 2.39. The molecule has 5 heteroatoms. The van der Waals surface area contributed by atoms with Crippen LogP contribution < -0.4 is 11.1 Å². The van der Waals surface area contributed by atoms with Gasteiger partial charge in [-0.3, -0.25) is 4.79 Å². The molecule has 2 rings (SSSR count). The molecule has 2 aromatic rings. The van der Waals surface area contributed by atoms with Gasteiger partial charge in [-0.15, -0.1) is 11.3 Å². The number of nitrogens with one attached hydrogen (secondary N) is 1. The molecule has 1 heterocycles. The van der Waals surface area contributed by atoms with Crippen molar-refractivity contribution in [2.45, 2.75) is 26.3 Å². The average Bonchev–Trinajstić information content (AvgIpc) is 2.84. The molecule has 100 valence electrons. The molecular formula is C14H17N3OS. The van der Waals surface area contributed by atoms with Gasteiger partial charge in [-0.1, -0.05) is 36.8 Å². The number of nitrogen functional groups attached to an aromatic ring is 1. The van der Waals surface area contributed by atoms with E-state index < -0.39 is 0 Å². The van der Waals surface area contributed by atoms with Gasteiger partial charge in [0.25, 0.3) is 5.91 Å². The molecule has 0 aliphatic carbocycles. The van der Waals surface area contributed by atoms with Gasteiger partial charge < -0.3 is 11.1 Å². The van der Waals surface area contributed by atoms with Crippen molar-refractivity contribution in [2.75, 3.05) is 5.73 Å². The molecule has 0 spiro atoms. The number of amides is 1. The van der Waals surface area contributed by atoms with Gasteiger partial charge in [0.1, 0.15) is 5.69 Å². The molecule has 0 aliphatic heterocycles. The van der Waals surface area contributed by atoms with Gasteiger partial charge >= 0.3 is 0 Å². The van der Waals surface area contributed by atoms with E-state index in [9.17, 15) is 4.79 Å². The van der Waals surface area contributed by atoms with Crippen molar-refractivity contribution in [1.82, 2.24) is 10.3 Å². The van der Waals surface area contributed by atoms with Crippen LogP contribution in [0.15, 0.2) is 29.6 Å². The number of hydrogen-bond acceptors (Lipinski definition) is 4. The van der Waals surface area contributed by atoms with Crippen molar-refractivity contribution < 1.29 is 4.79 Å². The van der Waals surface area contributed by atoms with Gasteiger partial charge in [-0.05, 0) is 18.9 Å². The number of anilines is 1. The van der Waals surface area contributed by atoms with Crippen molar-refractivity contribution in [3.63, 3.8) is 0 Å². The highest BCUT2D eigenvalue weighted by atomic mass is 32.1. The third kappa shape index (κ3) is 3.32. The van der Waals surface area contributed by atoms with Gasteiger partial charge in [0.2, 0.25) is 0 Å². The second kappa shape index (κ2) is 5.84. The fourth-order valence-electron chi connectivity index (χ4n) is 1.84. The van der Waals surface area contributed by atoms with Gasteiger partial charge in [-0.25, -0.2) is 4.98 Å². The zero-order chi connectivity index (χ0) is 13.8. The number of hydrogen-bond donors (Lipinski definition) is 2. The zero-order valence-electron chi connectivity index (χ0n) is 11.0. The van der Waals surface area contributed by atoms with Crippen molar-refractivity contribution in [3.8, 4) is 0 Å². The van der Waals surface area contributed by atoms with E-state index in [2.05, 4.69) is 10.3 Å². The molecule has 0 fully saturated rings. The highest BCUT2D eigenvalue weighted by molar-refractivity contribution is 7.13. The lowest BCUT2D eigenvalue weighted by Gasteiger charge is -2.17. The maximum atomic E-state index is 12.0. The topological polar surface area (TPSA) is 68.0 Å². The Labute approximate surface area is 116 Å². The zero-order valence-corrected chi connectivity index (χ0v) is 11.8. The summed E-state index contributed by atoms with van der Waals surface area (Å²) in [7, 11) is 0. The smallest absolute Gasteiger partial charge is 0.271 e. The summed E-state index contributed by atoms with van der Waals surface area (Å²) in [5.74, 6) is -0.180. The molecular weight excluding hydrogens is 258 g/mol. The van der Waals surface area contributed by atoms with Crippen LogP contribution in [0.1, 0.15) is 41.0 Å². The van der Waals surface area contributed by atoms with Crippen LogP contribution in [0.2, 0.25) is 0 Å². The third-order valence-corrected chi connectivity index (χ3v) is 3.62. The van der Waals surface area contributed by atoms with Crippen LogP contribution in [0.25, 0.3) is 0 Å². The lowest BCUT2D eigenvalue weighted by atomic mass is 10.0. The molecule has 0 aliphatic rings. The lowest BCUT2D eigenvalue weighted by Crippen LogP contribution is -2.28.